The molecule has 0 aliphatic carbocycles. The average molecular weight is 323 g/mol. The zero-order valence-electron chi connectivity index (χ0n) is 12.5. The molecule has 1 fully saturated rings. The number of carbonyl (C=O) groups is 1. The normalized spacial score (nSPS) is 19.5. The lowest BCUT2D eigenvalue weighted by Crippen LogP contribution is -2.45. The van der Waals surface area contributed by atoms with Crippen molar-refractivity contribution < 1.29 is 13.2 Å². The minimum Gasteiger partial charge on any atom is -0.338 e. The molecule has 22 heavy (non-hydrogen) atoms. The SMILES string of the molecule is CNS(=O)(=O)c1ccc(C=CC(=O)N2CCCC(N)C2)cc1. The first kappa shape index (κ1) is 16.7. The number of sulfonamides is 1. The number of nitrogens with zero attached hydrogens (tertiary/aromatic N) is 1. The fourth-order valence-electron chi connectivity index (χ4n) is 2.36. The summed E-state index contributed by atoms with van der Waals surface area (Å²) in [7, 11) is -2.07. The highest BCUT2D eigenvalue weighted by Gasteiger charge is 2.19. The van der Waals surface area contributed by atoms with Crippen LogP contribution in [0.2, 0.25) is 0 Å². The van der Waals surface area contributed by atoms with E-state index in [4.69, 9.17) is 5.73 Å². The van der Waals surface area contributed by atoms with Gasteiger partial charge in [-0.3, -0.25) is 4.79 Å². The van der Waals surface area contributed by atoms with Crippen LogP contribution >= 0.6 is 0 Å². The Bertz CT molecular complexity index is 653. The fourth-order valence-corrected chi connectivity index (χ4v) is 3.09. The van der Waals surface area contributed by atoms with Gasteiger partial charge in [0.05, 0.1) is 4.90 Å². The van der Waals surface area contributed by atoms with Crippen molar-refractivity contribution in [3.8, 4) is 0 Å². The van der Waals surface area contributed by atoms with Crippen molar-refractivity contribution in [2.45, 2.75) is 23.8 Å². The Hall–Kier alpha value is -1.70. The predicted octanol–water partition coefficient (Wildman–Crippen LogP) is 0.558. The molecular formula is C15H21N3O3S. The van der Waals surface area contributed by atoms with Gasteiger partial charge in [-0.05, 0) is 43.7 Å². The van der Waals surface area contributed by atoms with Crippen LogP contribution in [0.3, 0.4) is 0 Å². The molecule has 1 heterocycles. The number of amides is 1. The molecule has 6 nitrogen and oxygen atoms in total. The van der Waals surface area contributed by atoms with Crippen LogP contribution in [0.25, 0.3) is 6.08 Å². The first-order chi connectivity index (χ1) is 10.4. The maximum atomic E-state index is 12.1. The number of benzene rings is 1. The van der Waals surface area contributed by atoms with Gasteiger partial charge in [0, 0.05) is 25.2 Å². The highest BCUT2D eigenvalue weighted by molar-refractivity contribution is 7.89. The van der Waals surface area contributed by atoms with Crippen molar-refractivity contribution in [2.75, 3.05) is 20.1 Å². The molecule has 0 radical (unpaired) electrons. The molecule has 2 rings (SSSR count). The summed E-state index contributed by atoms with van der Waals surface area (Å²) in [5, 5.41) is 0. The van der Waals surface area contributed by atoms with Crippen LogP contribution < -0.4 is 10.5 Å². The molecule has 0 bridgehead atoms. The Kier molecular flexibility index (Phi) is 5.33. The quantitative estimate of drug-likeness (QED) is 0.792. The largest absolute Gasteiger partial charge is 0.338 e. The van der Waals surface area contributed by atoms with Gasteiger partial charge in [0.2, 0.25) is 15.9 Å². The van der Waals surface area contributed by atoms with Crippen LogP contribution in [0, 0.1) is 0 Å². The zero-order chi connectivity index (χ0) is 16.2. The van der Waals surface area contributed by atoms with Gasteiger partial charge >= 0.3 is 0 Å². The Labute approximate surface area is 131 Å². The topological polar surface area (TPSA) is 92.5 Å². The van der Waals surface area contributed by atoms with Crippen LogP contribution in [-0.4, -0.2) is 45.4 Å². The minimum atomic E-state index is -3.43. The lowest BCUT2D eigenvalue weighted by atomic mass is 10.1. The molecule has 1 saturated heterocycles. The van der Waals surface area contributed by atoms with E-state index in [2.05, 4.69) is 4.72 Å². The van der Waals surface area contributed by atoms with Crippen LogP contribution in [0.1, 0.15) is 18.4 Å². The summed E-state index contributed by atoms with van der Waals surface area (Å²) in [6.45, 7) is 1.32. The fraction of sp³-hybridized carbons (Fsp3) is 0.400. The molecule has 7 heteroatoms. The molecule has 1 unspecified atom stereocenters. The number of piperidine rings is 1. The summed E-state index contributed by atoms with van der Waals surface area (Å²) in [6.07, 6.45) is 5.06. The molecule has 1 aliphatic rings. The van der Waals surface area contributed by atoms with Gasteiger partial charge in [0.15, 0.2) is 0 Å². The first-order valence-corrected chi connectivity index (χ1v) is 8.67. The van der Waals surface area contributed by atoms with E-state index < -0.39 is 10.0 Å². The molecule has 1 amide bonds. The van der Waals surface area contributed by atoms with Crippen molar-refractivity contribution >= 4 is 22.0 Å². The van der Waals surface area contributed by atoms with E-state index in [0.717, 1.165) is 24.9 Å². The number of nitrogens with one attached hydrogen (secondary N) is 1. The van der Waals surface area contributed by atoms with E-state index in [1.165, 1.54) is 25.3 Å². The van der Waals surface area contributed by atoms with Gasteiger partial charge in [-0.1, -0.05) is 12.1 Å². The Morgan fingerprint density at radius 1 is 1.36 bits per heavy atom. The van der Waals surface area contributed by atoms with Gasteiger partial charge in [0.25, 0.3) is 0 Å². The Morgan fingerprint density at radius 2 is 2.05 bits per heavy atom. The van der Waals surface area contributed by atoms with Crippen LogP contribution in [0.5, 0.6) is 0 Å². The molecule has 0 aromatic heterocycles. The van der Waals surface area contributed by atoms with Crippen molar-refractivity contribution in [3.63, 3.8) is 0 Å². The standard InChI is InChI=1S/C15H21N3O3S/c1-17-22(20,21)14-7-4-12(5-8-14)6-9-15(19)18-10-2-3-13(16)11-18/h4-9,13,17H,2-3,10-11,16H2,1H3. The summed E-state index contributed by atoms with van der Waals surface area (Å²) < 4.78 is 25.5. The molecule has 1 aliphatic heterocycles. The second kappa shape index (κ2) is 7.04. The predicted molar refractivity (Wildman–Crippen MR) is 85.5 cm³/mol. The zero-order valence-corrected chi connectivity index (χ0v) is 13.3. The van der Waals surface area contributed by atoms with Crippen molar-refractivity contribution in [1.82, 2.24) is 9.62 Å². The van der Waals surface area contributed by atoms with E-state index in [1.54, 1.807) is 23.1 Å². The van der Waals surface area contributed by atoms with E-state index >= 15 is 0 Å². The van der Waals surface area contributed by atoms with Gasteiger partial charge in [-0.25, -0.2) is 13.1 Å². The lowest BCUT2D eigenvalue weighted by molar-refractivity contribution is -0.127. The first-order valence-electron chi connectivity index (χ1n) is 7.18. The van der Waals surface area contributed by atoms with Gasteiger partial charge < -0.3 is 10.6 Å². The highest BCUT2D eigenvalue weighted by Crippen LogP contribution is 2.12. The summed E-state index contributed by atoms with van der Waals surface area (Å²) in [5.74, 6) is -0.0675. The minimum absolute atomic E-state index is 0.0529. The maximum absolute atomic E-state index is 12.1. The smallest absolute Gasteiger partial charge is 0.246 e. The molecule has 0 spiro atoms. The molecule has 3 N–H and O–H groups in total. The number of nitrogens with two attached hydrogens (primary N) is 1. The van der Waals surface area contributed by atoms with Crippen molar-refractivity contribution in [2.24, 2.45) is 5.73 Å². The van der Waals surface area contributed by atoms with Crippen LogP contribution in [0.15, 0.2) is 35.2 Å². The summed E-state index contributed by atoms with van der Waals surface area (Å²) in [6, 6.07) is 6.39. The third-order valence-electron chi connectivity index (χ3n) is 3.65. The van der Waals surface area contributed by atoms with Crippen molar-refractivity contribution in [1.29, 1.82) is 0 Å². The summed E-state index contributed by atoms with van der Waals surface area (Å²) in [4.78, 5) is 14.0. The van der Waals surface area contributed by atoms with E-state index in [-0.39, 0.29) is 16.8 Å². The van der Waals surface area contributed by atoms with Gasteiger partial charge in [-0.15, -0.1) is 0 Å². The molecule has 1 aromatic rings. The monoisotopic (exact) mass is 323 g/mol. The van der Waals surface area contributed by atoms with Gasteiger partial charge in [-0.2, -0.15) is 0 Å². The molecule has 1 aromatic carbocycles. The lowest BCUT2D eigenvalue weighted by Gasteiger charge is -2.29. The Balaban J connectivity index is 2.02. The number of hydrogen-bond donors (Lipinski definition) is 2. The second-order valence-corrected chi connectivity index (χ2v) is 7.18. The number of carbonyl (C=O) groups excluding carboxylic acids is 1. The van der Waals surface area contributed by atoms with E-state index in [0.29, 0.717) is 6.54 Å². The number of hydrogen-bond acceptors (Lipinski definition) is 4. The van der Waals surface area contributed by atoms with Gasteiger partial charge in [0.1, 0.15) is 0 Å². The molecule has 1 atom stereocenters. The van der Waals surface area contributed by atoms with Crippen molar-refractivity contribution in [3.05, 3.63) is 35.9 Å². The summed E-state index contributed by atoms with van der Waals surface area (Å²) in [5.41, 5.74) is 6.63. The molecule has 120 valence electrons. The van der Waals surface area contributed by atoms with E-state index in [9.17, 15) is 13.2 Å². The van der Waals surface area contributed by atoms with Crippen LogP contribution in [-0.2, 0) is 14.8 Å². The second-order valence-electron chi connectivity index (χ2n) is 5.30. The van der Waals surface area contributed by atoms with Crippen LogP contribution in [0.4, 0.5) is 0 Å². The molecule has 0 saturated carbocycles. The number of likely N-dealkylation sites (tertiary alicyclic amines) is 1. The van der Waals surface area contributed by atoms with E-state index in [1.807, 2.05) is 0 Å². The highest BCUT2D eigenvalue weighted by atomic mass is 32.2. The summed E-state index contributed by atoms with van der Waals surface area (Å²) >= 11 is 0. The third kappa shape index (κ3) is 4.16. The molecular weight excluding hydrogens is 302 g/mol. The third-order valence-corrected chi connectivity index (χ3v) is 5.08. The maximum Gasteiger partial charge on any atom is 0.246 e. The average Bonchev–Trinajstić information content (AvgIpc) is 2.53. The Morgan fingerprint density at radius 3 is 2.64 bits per heavy atom. The number of rotatable bonds is 4.